The number of hydrogen-bond donors (Lipinski definition) is 0. The maximum atomic E-state index is 12.4. The molecule has 0 unspecified atom stereocenters. The molecule has 3 aromatic rings. The van der Waals surface area contributed by atoms with Gasteiger partial charge >= 0.3 is 0 Å². The van der Waals surface area contributed by atoms with E-state index in [-0.39, 0.29) is 5.78 Å². The van der Waals surface area contributed by atoms with Gasteiger partial charge in [-0.15, -0.1) is 0 Å². The maximum Gasteiger partial charge on any atom is 0.188 e. The quantitative estimate of drug-likeness (QED) is 0.543. The van der Waals surface area contributed by atoms with Gasteiger partial charge in [-0.3, -0.25) is 9.78 Å². The summed E-state index contributed by atoms with van der Waals surface area (Å²) in [6.07, 6.45) is 10.2. The van der Waals surface area contributed by atoms with E-state index in [9.17, 15) is 4.79 Å². The molecule has 0 bridgehead atoms. The Balaban J connectivity index is 1.91. The van der Waals surface area contributed by atoms with E-state index in [0.717, 1.165) is 11.3 Å². The molecule has 0 fully saturated rings. The summed E-state index contributed by atoms with van der Waals surface area (Å²) in [6, 6.07) is 13.0. The Bertz CT molecular complexity index is 762. The highest BCUT2D eigenvalue weighted by atomic mass is 16.1. The van der Waals surface area contributed by atoms with Crippen LogP contribution < -0.4 is 0 Å². The second-order valence-electron chi connectivity index (χ2n) is 4.45. The first-order chi connectivity index (χ1) is 10.3. The molecule has 3 rings (SSSR count). The molecule has 0 radical (unpaired) electrons. The van der Waals surface area contributed by atoms with E-state index >= 15 is 0 Å². The van der Waals surface area contributed by atoms with E-state index < -0.39 is 0 Å². The summed E-state index contributed by atoms with van der Waals surface area (Å²) in [5.41, 5.74) is 2.27. The molecule has 0 spiro atoms. The van der Waals surface area contributed by atoms with Gasteiger partial charge in [0.2, 0.25) is 0 Å². The highest BCUT2D eigenvalue weighted by Gasteiger charge is 2.09. The highest BCUT2D eigenvalue weighted by Crippen LogP contribution is 2.15. The molecular weight excluding hydrogens is 262 g/mol. The molecule has 2 aromatic heterocycles. The third kappa shape index (κ3) is 2.95. The number of carbonyl (C=O) groups is 1. The van der Waals surface area contributed by atoms with Crippen LogP contribution >= 0.6 is 0 Å². The van der Waals surface area contributed by atoms with Gasteiger partial charge in [-0.25, -0.2) is 4.68 Å². The minimum absolute atomic E-state index is 0.0649. The molecule has 0 N–H and O–H groups in total. The van der Waals surface area contributed by atoms with Crippen LogP contribution in [0.15, 0.2) is 73.3 Å². The predicted molar refractivity (Wildman–Crippen MR) is 81.2 cm³/mol. The smallest absolute Gasteiger partial charge is 0.188 e. The van der Waals surface area contributed by atoms with Crippen LogP contribution in [0.3, 0.4) is 0 Å². The summed E-state index contributed by atoms with van der Waals surface area (Å²) < 4.78 is 1.69. The first-order valence-electron chi connectivity index (χ1n) is 6.56. The van der Waals surface area contributed by atoms with Gasteiger partial charge < -0.3 is 0 Å². The summed E-state index contributed by atoms with van der Waals surface area (Å²) in [4.78, 5) is 16.4. The summed E-state index contributed by atoms with van der Waals surface area (Å²) in [7, 11) is 0. The van der Waals surface area contributed by atoms with Gasteiger partial charge in [-0.1, -0.05) is 18.2 Å². The van der Waals surface area contributed by atoms with E-state index in [0.29, 0.717) is 5.56 Å². The molecule has 0 aliphatic heterocycles. The van der Waals surface area contributed by atoms with E-state index in [1.807, 2.05) is 42.6 Å². The first-order valence-corrected chi connectivity index (χ1v) is 6.56. The Morgan fingerprint density at radius 3 is 2.71 bits per heavy atom. The van der Waals surface area contributed by atoms with Crippen LogP contribution in [0.25, 0.3) is 11.8 Å². The van der Waals surface area contributed by atoms with Crippen LogP contribution in [0.4, 0.5) is 0 Å². The largest absolute Gasteiger partial charge is 0.289 e. The van der Waals surface area contributed by atoms with E-state index in [1.54, 1.807) is 41.5 Å². The summed E-state index contributed by atoms with van der Waals surface area (Å²) in [5, 5.41) is 4.18. The van der Waals surface area contributed by atoms with Gasteiger partial charge in [0.1, 0.15) is 0 Å². The van der Waals surface area contributed by atoms with Gasteiger partial charge in [-0.05, 0) is 42.0 Å². The molecule has 0 aliphatic carbocycles. The van der Waals surface area contributed by atoms with E-state index in [2.05, 4.69) is 10.1 Å². The topological polar surface area (TPSA) is 47.8 Å². The van der Waals surface area contributed by atoms with Crippen LogP contribution in [0.5, 0.6) is 0 Å². The maximum absolute atomic E-state index is 12.4. The van der Waals surface area contributed by atoms with E-state index in [4.69, 9.17) is 0 Å². The Morgan fingerprint density at radius 1 is 1.05 bits per heavy atom. The molecule has 0 saturated heterocycles. The lowest BCUT2D eigenvalue weighted by molar-refractivity contribution is 0.104. The summed E-state index contributed by atoms with van der Waals surface area (Å²) in [6.45, 7) is 0. The zero-order valence-electron chi connectivity index (χ0n) is 11.3. The normalized spacial score (nSPS) is 10.9. The molecule has 4 nitrogen and oxygen atoms in total. The lowest BCUT2D eigenvalue weighted by Gasteiger charge is -2.06. The first kappa shape index (κ1) is 13.0. The molecule has 0 atom stereocenters. The van der Waals surface area contributed by atoms with Crippen molar-refractivity contribution in [3.05, 3.63) is 84.5 Å². The lowest BCUT2D eigenvalue weighted by atomic mass is 10.1. The van der Waals surface area contributed by atoms with Crippen molar-refractivity contribution in [1.29, 1.82) is 0 Å². The summed E-state index contributed by atoms with van der Waals surface area (Å²) >= 11 is 0. The zero-order chi connectivity index (χ0) is 14.5. The van der Waals surface area contributed by atoms with Crippen LogP contribution in [0.1, 0.15) is 15.9 Å². The number of benzene rings is 1. The average Bonchev–Trinajstić information content (AvgIpc) is 3.08. The number of ketones is 1. The third-order valence-corrected chi connectivity index (χ3v) is 3.03. The molecule has 21 heavy (non-hydrogen) atoms. The fourth-order valence-corrected chi connectivity index (χ4v) is 2.03. The second kappa shape index (κ2) is 5.96. The molecule has 2 heterocycles. The number of allylic oxidation sites excluding steroid dienone is 1. The molecule has 0 amide bonds. The summed E-state index contributed by atoms with van der Waals surface area (Å²) in [5.74, 6) is -0.0649. The molecule has 0 saturated carbocycles. The van der Waals surface area contributed by atoms with Crippen LogP contribution in [-0.2, 0) is 0 Å². The van der Waals surface area contributed by atoms with Gasteiger partial charge in [-0.2, -0.15) is 5.10 Å². The third-order valence-electron chi connectivity index (χ3n) is 3.03. The number of pyridine rings is 1. The van der Waals surface area contributed by atoms with Gasteiger partial charge in [0.25, 0.3) is 0 Å². The Morgan fingerprint density at radius 2 is 1.95 bits per heavy atom. The van der Waals surface area contributed by atoms with Crippen LogP contribution in [-0.4, -0.2) is 20.5 Å². The van der Waals surface area contributed by atoms with Crippen molar-refractivity contribution in [3.8, 4) is 5.69 Å². The van der Waals surface area contributed by atoms with Crippen molar-refractivity contribution in [2.24, 2.45) is 0 Å². The predicted octanol–water partition coefficient (Wildman–Crippen LogP) is 3.16. The van der Waals surface area contributed by atoms with Crippen molar-refractivity contribution in [3.63, 3.8) is 0 Å². The fraction of sp³-hybridized carbons (Fsp3) is 0. The fourth-order valence-electron chi connectivity index (χ4n) is 2.03. The molecule has 102 valence electrons. The number of carbonyl (C=O) groups excluding carboxylic acids is 1. The van der Waals surface area contributed by atoms with Crippen molar-refractivity contribution < 1.29 is 4.79 Å². The van der Waals surface area contributed by atoms with Gasteiger partial charge in [0.15, 0.2) is 5.78 Å². The van der Waals surface area contributed by atoms with Crippen molar-refractivity contribution in [1.82, 2.24) is 14.8 Å². The average molecular weight is 275 g/mol. The van der Waals surface area contributed by atoms with E-state index in [1.165, 1.54) is 0 Å². The Hall–Kier alpha value is -3.01. The van der Waals surface area contributed by atoms with Gasteiger partial charge in [0.05, 0.1) is 5.69 Å². The molecular formula is C17H13N3O. The Kier molecular flexibility index (Phi) is 3.69. The minimum Gasteiger partial charge on any atom is -0.289 e. The number of nitrogens with zero attached hydrogens (tertiary/aromatic N) is 3. The second-order valence-corrected chi connectivity index (χ2v) is 4.45. The molecule has 1 aromatic carbocycles. The van der Waals surface area contributed by atoms with Crippen LogP contribution in [0.2, 0.25) is 0 Å². The number of aromatic nitrogens is 3. The molecule has 0 aliphatic rings. The van der Waals surface area contributed by atoms with Crippen molar-refractivity contribution in [2.45, 2.75) is 0 Å². The van der Waals surface area contributed by atoms with Crippen molar-refractivity contribution in [2.75, 3.05) is 0 Å². The van der Waals surface area contributed by atoms with Crippen molar-refractivity contribution >= 4 is 11.9 Å². The zero-order valence-corrected chi connectivity index (χ0v) is 11.3. The Labute approximate surface area is 122 Å². The number of para-hydroxylation sites is 1. The standard InChI is InChI=1S/C17H13N3O/c21-17(9-8-14-5-3-10-18-13-14)15-6-1-2-7-16(15)20-12-4-11-19-20/h1-13H/b9-8-. The molecule has 4 heteroatoms. The van der Waals surface area contributed by atoms with Crippen LogP contribution in [0, 0.1) is 0 Å². The lowest BCUT2D eigenvalue weighted by Crippen LogP contribution is -2.04. The SMILES string of the molecule is O=C(/C=C\c1cccnc1)c1ccccc1-n1cccn1. The number of hydrogen-bond acceptors (Lipinski definition) is 3. The highest BCUT2D eigenvalue weighted by molar-refractivity contribution is 6.09. The minimum atomic E-state index is -0.0649. The monoisotopic (exact) mass is 275 g/mol. The number of rotatable bonds is 4. The van der Waals surface area contributed by atoms with Gasteiger partial charge in [0, 0.05) is 30.4 Å².